The van der Waals surface area contributed by atoms with Crippen LogP contribution >= 0.6 is 11.3 Å². The molecule has 1 aliphatic rings. The van der Waals surface area contributed by atoms with Crippen LogP contribution in [0.5, 0.6) is 0 Å². The molecule has 2 atom stereocenters. The van der Waals surface area contributed by atoms with Gasteiger partial charge in [-0.25, -0.2) is 4.79 Å². The second-order valence-electron chi connectivity index (χ2n) is 8.76. The fraction of sp³-hybridized carbons (Fsp3) is 0.423. The van der Waals surface area contributed by atoms with Gasteiger partial charge in [-0.15, -0.1) is 11.3 Å². The van der Waals surface area contributed by atoms with E-state index in [0.717, 1.165) is 46.2 Å². The van der Waals surface area contributed by atoms with E-state index in [9.17, 15) is 14.4 Å². The van der Waals surface area contributed by atoms with E-state index in [1.807, 2.05) is 30.5 Å². The van der Waals surface area contributed by atoms with E-state index >= 15 is 0 Å². The minimum Gasteiger partial charge on any atom is -0.462 e. The van der Waals surface area contributed by atoms with Crippen molar-refractivity contribution in [2.75, 3.05) is 11.9 Å². The largest absolute Gasteiger partial charge is 0.462 e. The lowest BCUT2D eigenvalue weighted by Gasteiger charge is -2.18. The van der Waals surface area contributed by atoms with Gasteiger partial charge in [0.2, 0.25) is 0 Å². The van der Waals surface area contributed by atoms with Gasteiger partial charge in [0.05, 0.1) is 12.2 Å². The normalized spacial score (nSPS) is 16.0. The van der Waals surface area contributed by atoms with E-state index in [-0.39, 0.29) is 13.0 Å². The molecule has 8 heteroatoms. The lowest BCUT2D eigenvalue weighted by Crippen LogP contribution is -2.30. The number of aryl methyl sites for hydroxylation is 1. The fourth-order valence-electron chi connectivity index (χ4n) is 4.36. The van der Waals surface area contributed by atoms with Crippen molar-refractivity contribution < 1.29 is 23.9 Å². The van der Waals surface area contributed by atoms with E-state index in [1.165, 1.54) is 11.3 Å². The number of aromatic amines is 1. The molecule has 0 saturated heterocycles. The summed E-state index contributed by atoms with van der Waals surface area (Å²) in [5.74, 6) is -0.800. The first-order chi connectivity index (χ1) is 16.4. The molecule has 180 valence electrons. The number of H-pyrrole nitrogens is 1. The third kappa shape index (κ3) is 5.17. The van der Waals surface area contributed by atoms with Crippen molar-refractivity contribution in [2.45, 2.75) is 59.0 Å². The molecular formula is C26H30N2O5S. The number of hydrogen-bond donors (Lipinski definition) is 2. The van der Waals surface area contributed by atoms with Crippen molar-refractivity contribution in [1.29, 1.82) is 0 Å². The molecule has 34 heavy (non-hydrogen) atoms. The van der Waals surface area contributed by atoms with Crippen molar-refractivity contribution in [3.05, 3.63) is 52.0 Å². The molecule has 2 aromatic heterocycles. The van der Waals surface area contributed by atoms with Gasteiger partial charge in [-0.2, -0.15) is 0 Å². The summed E-state index contributed by atoms with van der Waals surface area (Å²) in [6, 6.07) is 7.90. The van der Waals surface area contributed by atoms with Gasteiger partial charge in [0.25, 0.3) is 5.91 Å². The van der Waals surface area contributed by atoms with E-state index in [0.29, 0.717) is 22.9 Å². The van der Waals surface area contributed by atoms with E-state index in [1.54, 1.807) is 13.8 Å². The molecule has 0 bridgehead atoms. The number of anilines is 1. The minimum absolute atomic E-state index is 0.165. The van der Waals surface area contributed by atoms with Crippen LogP contribution in [-0.2, 0) is 38.3 Å². The maximum atomic E-state index is 12.8. The van der Waals surface area contributed by atoms with Gasteiger partial charge in [0, 0.05) is 28.4 Å². The van der Waals surface area contributed by atoms with Gasteiger partial charge in [0.1, 0.15) is 5.00 Å². The van der Waals surface area contributed by atoms with Crippen LogP contribution in [0.25, 0.3) is 10.9 Å². The van der Waals surface area contributed by atoms with Crippen molar-refractivity contribution in [3.63, 3.8) is 0 Å². The number of aromatic nitrogens is 1. The molecule has 0 saturated carbocycles. The van der Waals surface area contributed by atoms with Gasteiger partial charge in [0.15, 0.2) is 6.10 Å². The summed E-state index contributed by atoms with van der Waals surface area (Å²) in [5.41, 5.74) is 3.46. The summed E-state index contributed by atoms with van der Waals surface area (Å²) in [5, 5.41) is 4.37. The number of para-hydroxylation sites is 1. The summed E-state index contributed by atoms with van der Waals surface area (Å²) >= 11 is 1.42. The number of carbonyl (C=O) groups excluding carboxylic acids is 3. The average molecular weight is 483 g/mol. The molecule has 1 amide bonds. The van der Waals surface area contributed by atoms with Crippen LogP contribution < -0.4 is 5.32 Å². The number of fused-ring (bicyclic) bond motifs is 2. The summed E-state index contributed by atoms with van der Waals surface area (Å²) < 4.78 is 10.6. The molecule has 2 unspecified atom stereocenters. The zero-order valence-corrected chi connectivity index (χ0v) is 20.6. The number of ether oxygens (including phenoxy) is 2. The third-order valence-electron chi connectivity index (χ3n) is 6.18. The Morgan fingerprint density at radius 2 is 2.06 bits per heavy atom. The molecule has 0 fully saturated rings. The predicted octanol–water partition coefficient (Wildman–Crippen LogP) is 5.03. The summed E-state index contributed by atoms with van der Waals surface area (Å²) in [6.45, 7) is 5.74. The first-order valence-corrected chi connectivity index (χ1v) is 12.6. The van der Waals surface area contributed by atoms with Crippen molar-refractivity contribution in [2.24, 2.45) is 5.92 Å². The topological polar surface area (TPSA) is 97.5 Å². The molecule has 1 aromatic carbocycles. The quantitative estimate of drug-likeness (QED) is 0.439. The maximum absolute atomic E-state index is 12.8. The Morgan fingerprint density at radius 1 is 1.26 bits per heavy atom. The Labute approximate surface area is 202 Å². The highest BCUT2D eigenvalue weighted by atomic mass is 32.1. The number of carbonyl (C=O) groups is 3. The fourth-order valence-corrected chi connectivity index (χ4v) is 5.76. The first kappa shape index (κ1) is 24.0. The van der Waals surface area contributed by atoms with E-state index in [2.05, 4.69) is 17.2 Å². The average Bonchev–Trinajstić information content (AvgIpc) is 3.38. The van der Waals surface area contributed by atoms with Crippen LogP contribution in [0.15, 0.2) is 30.5 Å². The molecule has 4 rings (SSSR count). The van der Waals surface area contributed by atoms with Crippen LogP contribution in [0.2, 0.25) is 0 Å². The molecule has 0 spiro atoms. The van der Waals surface area contributed by atoms with Crippen LogP contribution in [0, 0.1) is 5.92 Å². The standard InChI is InChI=1S/C26H30N2O5S/c1-4-32-26(31)23-19-11-9-15(2)13-21(19)34-25(23)28-24(30)16(3)33-22(29)12-10-17-14-27-20-8-6-5-7-18(17)20/h5-8,14-16,27H,4,9-13H2,1-3H3,(H,28,30). The molecule has 0 aliphatic heterocycles. The van der Waals surface area contributed by atoms with Gasteiger partial charge < -0.3 is 19.8 Å². The van der Waals surface area contributed by atoms with Gasteiger partial charge in [-0.1, -0.05) is 25.1 Å². The van der Waals surface area contributed by atoms with Gasteiger partial charge in [-0.3, -0.25) is 9.59 Å². The Kier molecular flexibility index (Phi) is 7.36. The van der Waals surface area contributed by atoms with Gasteiger partial charge >= 0.3 is 11.9 Å². The monoisotopic (exact) mass is 482 g/mol. The highest BCUT2D eigenvalue weighted by molar-refractivity contribution is 7.17. The lowest BCUT2D eigenvalue weighted by atomic mass is 9.88. The smallest absolute Gasteiger partial charge is 0.341 e. The maximum Gasteiger partial charge on any atom is 0.341 e. The Balaban J connectivity index is 1.39. The molecule has 7 nitrogen and oxygen atoms in total. The summed E-state index contributed by atoms with van der Waals surface area (Å²) in [4.78, 5) is 42.2. The number of thiophene rings is 1. The molecular weight excluding hydrogens is 452 g/mol. The molecule has 0 radical (unpaired) electrons. The number of nitrogens with one attached hydrogen (secondary N) is 2. The number of esters is 2. The number of rotatable bonds is 8. The van der Waals surface area contributed by atoms with Crippen molar-refractivity contribution in [3.8, 4) is 0 Å². The van der Waals surface area contributed by atoms with Crippen LogP contribution in [0.3, 0.4) is 0 Å². The van der Waals surface area contributed by atoms with Crippen LogP contribution in [0.4, 0.5) is 5.00 Å². The molecule has 3 aromatic rings. The third-order valence-corrected chi connectivity index (χ3v) is 7.35. The number of benzene rings is 1. The molecule has 1 aliphatic carbocycles. The predicted molar refractivity (Wildman–Crippen MR) is 132 cm³/mol. The zero-order chi connectivity index (χ0) is 24.2. The first-order valence-electron chi connectivity index (χ1n) is 11.7. The van der Waals surface area contributed by atoms with Gasteiger partial charge in [-0.05, 0) is 62.6 Å². The summed E-state index contributed by atoms with van der Waals surface area (Å²) in [7, 11) is 0. The Morgan fingerprint density at radius 3 is 2.85 bits per heavy atom. The van der Waals surface area contributed by atoms with Crippen molar-refractivity contribution >= 4 is 45.1 Å². The number of amides is 1. The highest BCUT2D eigenvalue weighted by Gasteiger charge is 2.30. The second-order valence-corrected chi connectivity index (χ2v) is 9.86. The minimum atomic E-state index is -0.983. The lowest BCUT2D eigenvalue weighted by molar-refractivity contribution is -0.153. The highest BCUT2D eigenvalue weighted by Crippen LogP contribution is 2.40. The Hall–Kier alpha value is -3.13. The molecule has 2 heterocycles. The number of hydrogen-bond acceptors (Lipinski definition) is 6. The van der Waals surface area contributed by atoms with E-state index < -0.39 is 23.9 Å². The van der Waals surface area contributed by atoms with E-state index in [4.69, 9.17) is 9.47 Å². The zero-order valence-electron chi connectivity index (χ0n) is 19.7. The van der Waals surface area contributed by atoms with Crippen LogP contribution in [-0.4, -0.2) is 35.5 Å². The Bertz CT molecular complexity index is 1210. The SMILES string of the molecule is CCOC(=O)c1c(NC(=O)C(C)OC(=O)CCc2c[nH]c3ccccc23)sc2c1CCC(C)C2. The summed E-state index contributed by atoms with van der Waals surface area (Å²) in [6.07, 6.45) is 4.25. The second kappa shape index (κ2) is 10.4. The molecule has 2 N–H and O–H groups in total. The van der Waals surface area contributed by atoms with Crippen molar-refractivity contribution in [1.82, 2.24) is 4.98 Å². The van der Waals surface area contributed by atoms with Crippen LogP contribution in [0.1, 0.15) is 60.0 Å².